The van der Waals surface area contributed by atoms with Crippen LogP contribution in [0, 0.1) is 18.3 Å². The standard InChI is InChI=1S/C16H16N6/c1-11-18-6-5-15(19-11)21-9-13-7-14(10-21)22(13)16-4-2-3-12(8-17)20-16/h2-6,13-14H,7,9-10H2,1H3. The Morgan fingerprint density at radius 1 is 1.14 bits per heavy atom. The van der Waals surface area contributed by atoms with E-state index < -0.39 is 0 Å². The minimum atomic E-state index is 0.440. The van der Waals surface area contributed by atoms with Gasteiger partial charge in [0.25, 0.3) is 0 Å². The van der Waals surface area contributed by atoms with Crippen LogP contribution in [0.15, 0.2) is 30.5 Å². The smallest absolute Gasteiger partial charge is 0.142 e. The molecule has 0 N–H and O–H groups in total. The number of pyridine rings is 1. The van der Waals surface area contributed by atoms with Crippen LogP contribution in [0.3, 0.4) is 0 Å². The van der Waals surface area contributed by atoms with Gasteiger partial charge in [-0.05, 0) is 31.5 Å². The fourth-order valence-electron chi connectivity index (χ4n) is 3.42. The molecule has 0 saturated carbocycles. The van der Waals surface area contributed by atoms with Gasteiger partial charge in [-0.15, -0.1) is 0 Å². The van der Waals surface area contributed by atoms with Gasteiger partial charge in [-0.3, -0.25) is 0 Å². The molecule has 2 unspecified atom stereocenters. The molecule has 0 amide bonds. The molecule has 5 heterocycles. The Labute approximate surface area is 129 Å². The van der Waals surface area contributed by atoms with Crippen molar-refractivity contribution in [2.24, 2.45) is 0 Å². The highest BCUT2D eigenvalue weighted by Crippen LogP contribution is 2.37. The number of piperazine rings is 1. The Morgan fingerprint density at radius 2 is 1.95 bits per heavy atom. The number of nitrogens with zero attached hydrogens (tertiary/aromatic N) is 6. The summed E-state index contributed by atoms with van der Waals surface area (Å²) < 4.78 is 0. The number of fused-ring (bicyclic) bond motifs is 2. The molecule has 0 aromatic carbocycles. The average Bonchev–Trinajstić information content (AvgIpc) is 2.55. The second kappa shape index (κ2) is 4.95. The molecule has 2 atom stereocenters. The van der Waals surface area contributed by atoms with Gasteiger partial charge < -0.3 is 9.80 Å². The van der Waals surface area contributed by atoms with Crippen molar-refractivity contribution in [1.82, 2.24) is 15.0 Å². The molecule has 3 fully saturated rings. The highest BCUT2D eigenvalue weighted by atomic mass is 15.4. The van der Waals surface area contributed by atoms with E-state index in [1.807, 2.05) is 31.3 Å². The normalized spacial score (nSPS) is 22.9. The number of nitriles is 1. The first-order valence-corrected chi connectivity index (χ1v) is 7.44. The predicted octanol–water partition coefficient (Wildman–Crippen LogP) is 1.52. The summed E-state index contributed by atoms with van der Waals surface area (Å²) in [5, 5.41) is 9.00. The number of hydrogen-bond donors (Lipinski definition) is 0. The molecule has 6 heteroatoms. The number of aryl methyl sites for hydroxylation is 1. The van der Waals surface area contributed by atoms with Crippen molar-refractivity contribution in [1.29, 1.82) is 5.26 Å². The fourth-order valence-corrected chi connectivity index (χ4v) is 3.42. The molecule has 0 radical (unpaired) electrons. The lowest BCUT2D eigenvalue weighted by atomic mass is 9.87. The molecular formula is C16H16N6. The van der Waals surface area contributed by atoms with E-state index in [2.05, 4.69) is 30.8 Å². The molecule has 3 aliphatic heterocycles. The van der Waals surface area contributed by atoms with Crippen LogP contribution in [0.2, 0.25) is 0 Å². The molecular weight excluding hydrogens is 276 g/mol. The highest BCUT2D eigenvalue weighted by molar-refractivity contribution is 5.52. The lowest BCUT2D eigenvalue weighted by Gasteiger charge is -2.57. The van der Waals surface area contributed by atoms with Gasteiger partial charge in [0.1, 0.15) is 29.2 Å². The molecule has 0 aliphatic carbocycles. The number of hydrogen-bond acceptors (Lipinski definition) is 6. The largest absolute Gasteiger partial charge is 0.352 e. The summed E-state index contributed by atoms with van der Waals surface area (Å²) >= 11 is 0. The monoisotopic (exact) mass is 292 g/mol. The Kier molecular flexibility index (Phi) is 2.93. The van der Waals surface area contributed by atoms with Crippen molar-refractivity contribution >= 4 is 11.6 Å². The molecule has 2 bridgehead atoms. The van der Waals surface area contributed by atoms with Crippen LogP contribution in [0.1, 0.15) is 17.9 Å². The van der Waals surface area contributed by atoms with Gasteiger partial charge in [0.15, 0.2) is 0 Å². The second-order valence-corrected chi connectivity index (χ2v) is 5.81. The maximum Gasteiger partial charge on any atom is 0.142 e. The summed E-state index contributed by atoms with van der Waals surface area (Å²) in [6.07, 6.45) is 2.99. The molecule has 0 spiro atoms. The van der Waals surface area contributed by atoms with Gasteiger partial charge >= 0.3 is 0 Å². The first-order chi connectivity index (χ1) is 10.7. The summed E-state index contributed by atoms with van der Waals surface area (Å²) in [7, 11) is 0. The van der Waals surface area contributed by atoms with Crippen LogP contribution < -0.4 is 9.80 Å². The Bertz CT molecular complexity index is 740. The van der Waals surface area contributed by atoms with Crippen LogP contribution in [0.4, 0.5) is 11.6 Å². The van der Waals surface area contributed by atoms with Gasteiger partial charge in [0, 0.05) is 19.3 Å². The molecule has 22 heavy (non-hydrogen) atoms. The van der Waals surface area contributed by atoms with Crippen molar-refractivity contribution in [3.8, 4) is 6.07 Å². The number of piperidine rings is 1. The Balaban J connectivity index is 1.54. The van der Waals surface area contributed by atoms with Crippen LogP contribution in [0.25, 0.3) is 0 Å². The fraction of sp³-hybridized carbons (Fsp3) is 0.375. The second-order valence-electron chi connectivity index (χ2n) is 5.81. The summed E-state index contributed by atoms with van der Waals surface area (Å²) in [6.45, 7) is 3.79. The van der Waals surface area contributed by atoms with Crippen molar-refractivity contribution in [2.75, 3.05) is 22.9 Å². The molecule has 6 nitrogen and oxygen atoms in total. The van der Waals surface area contributed by atoms with Crippen molar-refractivity contribution in [3.63, 3.8) is 0 Å². The maximum atomic E-state index is 9.00. The zero-order chi connectivity index (χ0) is 15.1. The number of rotatable bonds is 2. The van der Waals surface area contributed by atoms with E-state index in [0.717, 1.165) is 30.5 Å². The van der Waals surface area contributed by atoms with E-state index in [9.17, 15) is 0 Å². The topological polar surface area (TPSA) is 68.9 Å². The van der Waals surface area contributed by atoms with Crippen molar-refractivity contribution in [3.05, 3.63) is 42.0 Å². The lowest BCUT2D eigenvalue weighted by molar-refractivity contribution is 0.288. The molecule has 3 saturated heterocycles. The van der Waals surface area contributed by atoms with E-state index in [-0.39, 0.29) is 0 Å². The van der Waals surface area contributed by atoms with Crippen molar-refractivity contribution in [2.45, 2.75) is 25.4 Å². The minimum absolute atomic E-state index is 0.440. The SMILES string of the molecule is Cc1nccc(N2CC3CC(C2)N3c2cccc(C#N)n2)n1. The van der Waals surface area contributed by atoms with E-state index in [4.69, 9.17) is 5.26 Å². The first kappa shape index (κ1) is 13.0. The van der Waals surface area contributed by atoms with Crippen LogP contribution in [0.5, 0.6) is 0 Å². The van der Waals surface area contributed by atoms with Gasteiger partial charge in [0.2, 0.25) is 0 Å². The van der Waals surface area contributed by atoms with E-state index >= 15 is 0 Å². The maximum absolute atomic E-state index is 9.00. The van der Waals surface area contributed by atoms with Crippen LogP contribution in [-0.4, -0.2) is 40.1 Å². The summed E-state index contributed by atoms with van der Waals surface area (Å²) in [5.41, 5.74) is 0.478. The third-order valence-electron chi connectivity index (χ3n) is 4.39. The molecule has 5 rings (SSSR count). The number of anilines is 2. The van der Waals surface area contributed by atoms with Gasteiger partial charge in [-0.2, -0.15) is 5.26 Å². The average molecular weight is 292 g/mol. The predicted molar refractivity (Wildman–Crippen MR) is 82.6 cm³/mol. The molecule has 3 aliphatic rings. The highest BCUT2D eigenvalue weighted by Gasteiger charge is 2.45. The third kappa shape index (κ3) is 2.06. The third-order valence-corrected chi connectivity index (χ3v) is 4.39. The molecule has 2 aromatic rings. The Morgan fingerprint density at radius 3 is 2.68 bits per heavy atom. The molecule has 2 aromatic heterocycles. The number of aromatic nitrogens is 3. The van der Waals surface area contributed by atoms with E-state index in [1.165, 1.54) is 6.42 Å². The zero-order valence-electron chi connectivity index (χ0n) is 12.3. The zero-order valence-corrected chi connectivity index (χ0v) is 12.3. The first-order valence-electron chi connectivity index (χ1n) is 7.44. The van der Waals surface area contributed by atoms with Gasteiger partial charge in [-0.1, -0.05) is 6.07 Å². The minimum Gasteiger partial charge on any atom is -0.352 e. The van der Waals surface area contributed by atoms with Crippen LogP contribution in [-0.2, 0) is 0 Å². The summed E-state index contributed by atoms with van der Waals surface area (Å²) in [5.74, 6) is 2.72. The van der Waals surface area contributed by atoms with Crippen LogP contribution >= 0.6 is 0 Å². The summed E-state index contributed by atoms with van der Waals surface area (Å²) in [6, 6.07) is 10.6. The molecule has 110 valence electrons. The Hall–Kier alpha value is -2.68. The summed E-state index contributed by atoms with van der Waals surface area (Å²) in [4.78, 5) is 17.8. The van der Waals surface area contributed by atoms with Gasteiger partial charge in [0.05, 0.1) is 12.1 Å². The lowest BCUT2D eigenvalue weighted by Crippen LogP contribution is -2.69. The quantitative estimate of drug-likeness (QED) is 0.836. The van der Waals surface area contributed by atoms with E-state index in [0.29, 0.717) is 17.8 Å². The van der Waals surface area contributed by atoms with Gasteiger partial charge in [-0.25, -0.2) is 15.0 Å². The van der Waals surface area contributed by atoms with Crippen molar-refractivity contribution < 1.29 is 0 Å². The van der Waals surface area contributed by atoms with E-state index in [1.54, 1.807) is 6.07 Å².